The Bertz CT molecular complexity index is 102. The fourth-order valence-electron chi connectivity index (χ4n) is 2.43. The molecular formula is C9H18N2. The zero-order valence-electron chi connectivity index (χ0n) is 7.16. The average Bonchev–Trinajstić information content (AvgIpc) is 2.07. The Kier molecular flexibility index (Phi) is 2.14. The van der Waals surface area contributed by atoms with E-state index in [0.717, 1.165) is 6.54 Å². The molecule has 0 amide bonds. The van der Waals surface area contributed by atoms with E-state index in [1.54, 1.807) is 0 Å². The van der Waals surface area contributed by atoms with Crippen LogP contribution >= 0.6 is 0 Å². The van der Waals surface area contributed by atoms with Crippen LogP contribution in [-0.4, -0.2) is 12.1 Å². The van der Waals surface area contributed by atoms with Crippen LogP contribution in [0.5, 0.6) is 0 Å². The largest absolute Gasteiger partial charge is 0.257 e. The Balaban J connectivity index is 1.94. The maximum absolute atomic E-state index is 3.48. The van der Waals surface area contributed by atoms with Crippen molar-refractivity contribution >= 4 is 0 Å². The van der Waals surface area contributed by atoms with Crippen LogP contribution < -0.4 is 10.9 Å². The minimum Gasteiger partial charge on any atom is -0.257 e. The molecule has 1 saturated carbocycles. The number of nitrogens with one attached hydrogen (secondary N) is 2. The minimum absolute atomic E-state index is 0.497. The highest BCUT2D eigenvalue weighted by Gasteiger charge is 2.32. The maximum atomic E-state index is 3.48. The summed E-state index contributed by atoms with van der Waals surface area (Å²) >= 11 is 0. The van der Waals surface area contributed by atoms with Crippen molar-refractivity contribution in [1.82, 2.24) is 10.9 Å². The van der Waals surface area contributed by atoms with Crippen molar-refractivity contribution in [3.8, 4) is 0 Å². The summed E-state index contributed by atoms with van der Waals surface area (Å²) in [5, 5.41) is 0. The SMILES string of the molecule is C1CCC2(CC1)CCCNN2. The first kappa shape index (κ1) is 7.56. The molecule has 1 heterocycles. The molecular weight excluding hydrogens is 136 g/mol. The van der Waals surface area contributed by atoms with Gasteiger partial charge in [-0.2, -0.15) is 0 Å². The standard InChI is InChI=1S/C9H18N2/c1-2-5-9(6-3-1)7-4-8-10-11-9/h10-11H,1-8H2. The molecule has 11 heavy (non-hydrogen) atoms. The van der Waals surface area contributed by atoms with Crippen molar-refractivity contribution in [3.05, 3.63) is 0 Å². The fourth-order valence-corrected chi connectivity index (χ4v) is 2.43. The van der Waals surface area contributed by atoms with Crippen molar-refractivity contribution < 1.29 is 0 Å². The van der Waals surface area contributed by atoms with Crippen molar-refractivity contribution in [3.63, 3.8) is 0 Å². The second kappa shape index (κ2) is 3.11. The lowest BCUT2D eigenvalue weighted by atomic mass is 9.78. The van der Waals surface area contributed by atoms with Gasteiger partial charge in [0.25, 0.3) is 0 Å². The molecule has 0 aromatic rings. The lowest BCUT2D eigenvalue weighted by Crippen LogP contribution is -2.57. The molecule has 1 saturated heterocycles. The molecule has 0 unspecified atom stereocenters. The van der Waals surface area contributed by atoms with E-state index in [0.29, 0.717) is 5.54 Å². The van der Waals surface area contributed by atoms with Crippen LogP contribution in [0, 0.1) is 0 Å². The van der Waals surface area contributed by atoms with Crippen molar-refractivity contribution in [2.45, 2.75) is 50.5 Å². The van der Waals surface area contributed by atoms with Crippen LogP contribution in [0.25, 0.3) is 0 Å². The molecule has 2 aliphatic rings. The summed E-state index contributed by atoms with van der Waals surface area (Å²) in [7, 11) is 0. The quantitative estimate of drug-likeness (QED) is 0.553. The van der Waals surface area contributed by atoms with Gasteiger partial charge in [0.15, 0.2) is 0 Å². The highest BCUT2D eigenvalue weighted by molar-refractivity contribution is 4.91. The smallest absolute Gasteiger partial charge is 0.0324 e. The summed E-state index contributed by atoms with van der Waals surface area (Å²) in [6.45, 7) is 1.15. The Hall–Kier alpha value is -0.0800. The Morgan fingerprint density at radius 1 is 0.818 bits per heavy atom. The van der Waals surface area contributed by atoms with Gasteiger partial charge < -0.3 is 0 Å². The number of hydrogen-bond donors (Lipinski definition) is 2. The highest BCUT2D eigenvalue weighted by atomic mass is 15.4. The van der Waals surface area contributed by atoms with E-state index in [1.807, 2.05) is 0 Å². The van der Waals surface area contributed by atoms with Crippen LogP contribution in [0.3, 0.4) is 0 Å². The van der Waals surface area contributed by atoms with E-state index >= 15 is 0 Å². The summed E-state index contributed by atoms with van der Waals surface area (Å²) < 4.78 is 0. The first-order chi connectivity index (χ1) is 5.41. The summed E-state index contributed by atoms with van der Waals surface area (Å²) in [5.41, 5.74) is 7.28. The van der Waals surface area contributed by atoms with Gasteiger partial charge in [-0.3, -0.25) is 10.9 Å². The molecule has 64 valence electrons. The van der Waals surface area contributed by atoms with E-state index in [4.69, 9.17) is 0 Å². The molecule has 2 nitrogen and oxygen atoms in total. The average molecular weight is 154 g/mol. The third-order valence-electron chi connectivity index (χ3n) is 3.12. The molecule has 0 aromatic carbocycles. The van der Waals surface area contributed by atoms with Crippen molar-refractivity contribution in [1.29, 1.82) is 0 Å². The van der Waals surface area contributed by atoms with Crippen LogP contribution in [0.4, 0.5) is 0 Å². The van der Waals surface area contributed by atoms with Gasteiger partial charge in [-0.15, -0.1) is 0 Å². The van der Waals surface area contributed by atoms with E-state index in [2.05, 4.69) is 10.9 Å². The van der Waals surface area contributed by atoms with E-state index < -0.39 is 0 Å². The summed E-state index contributed by atoms with van der Waals surface area (Å²) in [4.78, 5) is 0. The van der Waals surface area contributed by atoms with E-state index in [9.17, 15) is 0 Å². The van der Waals surface area contributed by atoms with Crippen LogP contribution in [0.15, 0.2) is 0 Å². The Labute approximate surface area is 68.7 Å². The predicted octanol–water partition coefficient (Wildman–Crippen LogP) is 1.58. The number of hydrogen-bond acceptors (Lipinski definition) is 2. The molecule has 2 fully saturated rings. The second-order valence-electron chi connectivity index (χ2n) is 4.00. The molecule has 1 aliphatic carbocycles. The first-order valence-corrected chi connectivity index (χ1v) is 4.91. The van der Waals surface area contributed by atoms with Gasteiger partial charge in [0, 0.05) is 12.1 Å². The summed E-state index contributed by atoms with van der Waals surface area (Å²) in [6.07, 6.45) is 9.82. The molecule has 0 bridgehead atoms. The van der Waals surface area contributed by atoms with E-state index in [-0.39, 0.29) is 0 Å². The molecule has 0 radical (unpaired) electrons. The lowest BCUT2D eigenvalue weighted by Gasteiger charge is -2.41. The molecule has 0 atom stereocenters. The summed E-state index contributed by atoms with van der Waals surface area (Å²) in [6, 6.07) is 0. The monoisotopic (exact) mass is 154 g/mol. The molecule has 1 aliphatic heterocycles. The third kappa shape index (κ3) is 1.57. The topological polar surface area (TPSA) is 24.1 Å². The maximum Gasteiger partial charge on any atom is 0.0324 e. The van der Waals surface area contributed by atoms with Gasteiger partial charge in [0.2, 0.25) is 0 Å². The van der Waals surface area contributed by atoms with Crippen LogP contribution in [0.2, 0.25) is 0 Å². The molecule has 2 rings (SSSR count). The van der Waals surface area contributed by atoms with Gasteiger partial charge in [-0.1, -0.05) is 19.3 Å². The molecule has 0 aromatic heterocycles. The normalized spacial score (nSPS) is 30.5. The molecule has 2 N–H and O–H groups in total. The first-order valence-electron chi connectivity index (χ1n) is 4.91. The van der Waals surface area contributed by atoms with Gasteiger partial charge in [-0.25, -0.2) is 0 Å². The van der Waals surface area contributed by atoms with Gasteiger partial charge in [0.05, 0.1) is 0 Å². The minimum atomic E-state index is 0.497. The number of hydrazine groups is 1. The van der Waals surface area contributed by atoms with Gasteiger partial charge >= 0.3 is 0 Å². The van der Waals surface area contributed by atoms with Crippen molar-refractivity contribution in [2.24, 2.45) is 0 Å². The lowest BCUT2D eigenvalue weighted by molar-refractivity contribution is 0.156. The van der Waals surface area contributed by atoms with Gasteiger partial charge in [0.1, 0.15) is 0 Å². The Morgan fingerprint density at radius 3 is 2.18 bits per heavy atom. The third-order valence-corrected chi connectivity index (χ3v) is 3.12. The molecule has 2 heteroatoms. The zero-order chi connectivity index (χ0) is 7.57. The summed E-state index contributed by atoms with van der Waals surface area (Å²) in [5.74, 6) is 0. The van der Waals surface area contributed by atoms with E-state index in [1.165, 1.54) is 44.9 Å². The molecule has 1 spiro atoms. The fraction of sp³-hybridized carbons (Fsp3) is 1.00. The predicted molar refractivity (Wildman–Crippen MR) is 46.2 cm³/mol. The number of rotatable bonds is 0. The van der Waals surface area contributed by atoms with Gasteiger partial charge in [-0.05, 0) is 25.7 Å². The zero-order valence-corrected chi connectivity index (χ0v) is 7.16. The second-order valence-corrected chi connectivity index (χ2v) is 4.00. The highest BCUT2D eigenvalue weighted by Crippen LogP contribution is 2.32. The van der Waals surface area contributed by atoms with Crippen molar-refractivity contribution in [2.75, 3.05) is 6.54 Å². The van der Waals surface area contributed by atoms with Crippen LogP contribution in [-0.2, 0) is 0 Å². The van der Waals surface area contributed by atoms with Crippen LogP contribution in [0.1, 0.15) is 44.9 Å². The Morgan fingerprint density at radius 2 is 1.55 bits per heavy atom.